The molecule has 0 aliphatic rings. The Morgan fingerprint density at radius 2 is 1.95 bits per heavy atom. The topological polar surface area (TPSA) is 47.7 Å². The largest absolute Gasteiger partial charge is 0.385 e. The Kier molecular flexibility index (Phi) is 8.41. The fraction of sp³-hybridized carbons (Fsp3) is 0.600. The summed E-state index contributed by atoms with van der Waals surface area (Å²) in [6.07, 6.45) is 0.957. The van der Waals surface area contributed by atoms with E-state index >= 15 is 0 Å². The molecule has 1 aromatic carbocycles. The Morgan fingerprint density at radius 1 is 1.16 bits per heavy atom. The fourth-order valence-corrected chi connectivity index (χ4v) is 1.87. The van der Waals surface area contributed by atoms with E-state index in [0.717, 1.165) is 39.3 Å². The van der Waals surface area contributed by atoms with E-state index in [4.69, 9.17) is 15.2 Å². The summed E-state index contributed by atoms with van der Waals surface area (Å²) in [6, 6.07) is 8.42. The van der Waals surface area contributed by atoms with Crippen molar-refractivity contribution < 1.29 is 9.47 Å². The van der Waals surface area contributed by atoms with E-state index in [0.29, 0.717) is 6.54 Å². The van der Waals surface area contributed by atoms with Gasteiger partial charge in [-0.3, -0.25) is 4.90 Å². The summed E-state index contributed by atoms with van der Waals surface area (Å²) < 4.78 is 10.5. The zero-order chi connectivity index (χ0) is 13.9. The first-order chi connectivity index (χ1) is 9.26. The highest BCUT2D eigenvalue weighted by Gasteiger charge is 2.01. The lowest BCUT2D eigenvalue weighted by atomic mass is 10.1. The van der Waals surface area contributed by atoms with Gasteiger partial charge in [0.05, 0.1) is 6.61 Å². The molecule has 2 N–H and O–H groups in total. The van der Waals surface area contributed by atoms with E-state index in [1.165, 1.54) is 11.1 Å². The van der Waals surface area contributed by atoms with Crippen molar-refractivity contribution in [3.05, 3.63) is 35.4 Å². The molecule has 0 aliphatic carbocycles. The number of ether oxygens (including phenoxy) is 2. The normalized spacial score (nSPS) is 11.2. The number of hydrogen-bond donors (Lipinski definition) is 1. The monoisotopic (exact) mass is 266 g/mol. The van der Waals surface area contributed by atoms with Crippen molar-refractivity contribution in [2.45, 2.75) is 19.5 Å². The molecular formula is C15H26N2O2. The Morgan fingerprint density at radius 3 is 2.68 bits per heavy atom. The molecule has 0 saturated carbocycles. The van der Waals surface area contributed by atoms with Crippen LogP contribution in [0.15, 0.2) is 24.3 Å². The molecule has 1 rings (SSSR count). The maximum Gasteiger partial charge on any atom is 0.0593 e. The number of likely N-dealkylation sites (N-methyl/N-ethyl adjacent to an activating group) is 1. The molecule has 0 saturated heterocycles. The van der Waals surface area contributed by atoms with Gasteiger partial charge >= 0.3 is 0 Å². The van der Waals surface area contributed by atoms with E-state index in [9.17, 15) is 0 Å². The fourth-order valence-electron chi connectivity index (χ4n) is 1.87. The summed E-state index contributed by atoms with van der Waals surface area (Å²) in [7, 11) is 3.82. The third-order valence-electron chi connectivity index (χ3n) is 2.93. The van der Waals surface area contributed by atoms with E-state index in [-0.39, 0.29) is 0 Å². The molecule has 0 amide bonds. The number of nitrogens with two attached hydrogens (primary N) is 1. The minimum absolute atomic E-state index is 0.597. The zero-order valence-corrected chi connectivity index (χ0v) is 12.1. The molecule has 108 valence electrons. The summed E-state index contributed by atoms with van der Waals surface area (Å²) in [5.41, 5.74) is 8.12. The van der Waals surface area contributed by atoms with Gasteiger partial charge in [0.25, 0.3) is 0 Å². The first-order valence-electron chi connectivity index (χ1n) is 6.79. The van der Waals surface area contributed by atoms with Gasteiger partial charge in [-0.15, -0.1) is 0 Å². The van der Waals surface area contributed by atoms with Gasteiger partial charge in [0.1, 0.15) is 0 Å². The highest BCUT2D eigenvalue weighted by molar-refractivity contribution is 5.23. The van der Waals surface area contributed by atoms with Crippen molar-refractivity contribution in [1.82, 2.24) is 4.90 Å². The lowest BCUT2D eigenvalue weighted by molar-refractivity contribution is 0.0876. The Bertz CT molecular complexity index is 345. The van der Waals surface area contributed by atoms with Crippen LogP contribution in [0, 0.1) is 0 Å². The van der Waals surface area contributed by atoms with Crippen LogP contribution >= 0.6 is 0 Å². The van der Waals surface area contributed by atoms with Gasteiger partial charge in [-0.05, 0) is 24.6 Å². The summed E-state index contributed by atoms with van der Waals surface area (Å²) >= 11 is 0. The van der Waals surface area contributed by atoms with Gasteiger partial charge in [-0.1, -0.05) is 24.3 Å². The van der Waals surface area contributed by atoms with Crippen LogP contribution in [0.2, 0.25) is 0 Å². The van der Waals surface area contributed by atoms with E-state index in [1.807, 2.05) is 0 Å². The summed E-state index contributed by atoms with van der Waals surface area (Å²) in [5, 5.41) is 0. The van der Waals surface area contributed by atoms with Gasteiger partial charge < -0.3 is 15.2 Å². The second-order valence-corrected chi connectivity index (χ2v) is 4.72. The van der Waals surface area contributed by atoms with Crippen molar-refractivity contribution in [3.63, 3.8) is 0 Å². The molecule has 0 aromatic heterocycles. The highest BCUT2D eigenvalue weighted by Crippen LogP contribution is 2.07. The van der Waals surface area contributed by atoms with Crippen molar-refractivity contribution in [2.24, 2.45) is 5.73 Å². The summed E-state index contributed by atoms with van der Waals surface area (Å²) in [6.45, 7) is 4.75. The van der Waals surface area contributed by atoms with Crippen LogP contribution in [0.1, 0.15) is 17.5 Å². The molecule has 0 heterocycles. The third-order valence-corrected chi connectivity index (χ3v) is 2.93. The highest BCUT2D eigenvalue weighted by atomic mass is 16.5. The number of methoxy groups -OCH3 is 1. The van der Waals surface area contributed by atoms with E-state index in [1.54, 1.807) is 7.11 Å². The second-order valence-electron chi connectivity index (χ2n) is 4.72. The third kappa shape index (κ3) is 7.28. The van der Waals surface area contributed by atoms with E-state index in [2.05, 4.69) is 36.2 Å². The molecule has 0 atom stereocenters. The standard InChI is InChI=1S/C15H26N2O2/c1-17(7-10-19-9-4-8-18-2)13-15-6-3-5-14(11-15)12-16/h3,5-6,11H,4,7-10,12-13,16H2,1-2H3. The Balaban J connectivity index is 2.17. The molecule has 0 fully saturated rings. The minimum Gasteiger partial charge on any atom is -0.385 e. The number of rotatable bonds is 10. The summed E-state index contributed by atoms with van der Waals surface area (Å²) in [5.74, 6) is 0. The SMILES string of the molecule is COCCCOCCN(C)Cc1cccc(CN)c1. The molecule has 0 spiro atoms. The first kappa shape index (κ1) is 16.1. The number of nitrogens with zero attached hydrogens (tertiary/aromatic N) is 1. The van der Waals surface area contributed by atoms with Gasteiger partial charge in [0, 0.05) is 40.0 Å². The maximum atomic E-state index is 5.64. The summed E-state index contributed by atoms with van der Waals surface area (Å²) in [4.78, 5) is 2.26. The first-order valence-corrected chi connectivity index (χ1v) is 6.79. The van der Waals surface area contributed by atoms with Gasteiger partial charge in [-0.2, -0.15) is 0 Å². The quantitative estimate of drug-likeness (QED) is 0.654. The zero-order valence-electron chi connectivity index (χ0n) is 12.1. The predicted molar refractivity (Wildman–Crippen MR) is 78.0 cm³/mol. The Labute approximate surface area is 116 Å². The van der Waals surface area contributed by atoms with Crippen LogP contribution in [0.3, 0.4) is 0 Å². The lowest BCUT2D eigenvalue weighted by Crippen LogP contribution is -2.23. The van der Waals surface area contributed by atoms with Crippen LogP contribution in [-0.2, 0) is 22.6 Å². The van der Waals surface area contributed by atoms with Crippen LogP contribution in [-0.4, -0.2) is 45.4 Å². The number of benzene rings is 1. The van der Waals surface area contributed by atoms with Crippen LogP contribution in [0.4, 0.5) is 0 Å². The molecule has 1 aromatic rings. The molecular weight excluding hydrogens is 240 g/mol. The smallest absolute Gasteiger partial charge is 0.0593 e. The molecule has 19 heavy (non-hydrogen) atoms. The molecule has 0 aliphatic heterocycles. The molecule has 0 unspecified atom stereocenters. The number of hydrogen-bond acceptors (Lipinski definition) is 4. The lowest BCUT2D eigenvalue weighted by Gasteiger charge is -2.17. The van der Waals surface area contributed by atoms with Crippen LogP contribution in [0.5, 0.6) is 0 Å². The van der Waals surface area contributed by atoms with Crippen molar-refractivity contribution in [3.8, 4) is 0 Å². The maximum absolute atomic E-state index is 5.64. The van der Waals surface area contributed by atoms with Gasteiger partial charge in [0.15, 0.2) is 0 Å². The van der Waals surface area contributed by atoms with Crippen LogP contribution in [0.25, 0.3) is 0 Å². The molecule has 4 heteroatoms. The van der Waals surface area contributed by atoms with Crippen molar-refractivity contribution in [1.29, 1.82) is 0 Å². The van der Waals surface area contributed by atoms with Gasteiger partial charge in [0.2, 0.25) is 0 Å². The van der Waals surface area contributed by atoms with Crippen molar-refractivity contribution in [2.75, 3.05) is 40.5 Å². The average molecular weight is 266 g/mol. The van der Waals surface area contributed by atoms with E-state index < -0.39 is 0 Å². The van der Waals surface area contributed by atoms with Crippen LogP contribution < -0.4 is 5.73 Å². The second kappa shape index (κ2) is 9.92. The Hall–Kier alpha value is -0.940. The molecule has 4 nitrogen and oxygen atoms in total. The molecule has 0 bridgehead atoms. The molecule has 0 radical (unpaired) electrons. The minimum atomic E-state index is 0.597. The predicted octanol–water partition coefficient (Wildman–Crippen LogP) is 1.63. The average Bonchev–Trinajstić information content (AvgIpc) is 2.43. The van der Waals surface area contributed by atoms with Gasteiger partial charge in [-0.25, -0.2) is 0 Å². The van der Waals surface area contributed by atoms with Crippen molar-refractivity contribution >= 4 is 0 Å².